The maximum absolute atomic E-state index is 8.91. The van der Waals surface area contributed by atoms with Crippen molar-refractivity contribution in [2.75, 3.05) is 13.7 Å². The summed E-state index contributed by atoms with van der Waals surface area (Å²) in [6.07, 6.45) is 1.59. The van der Waals surface area contributed by atoms with Crippen molar-refractivity contribution in [3.05, 3.63) is 29.3 Å². The lowest BCUT2D eigenvalue weighted by molar-refractivity contribution is 0.336. The lowest BCUT2D eigenvalue weighted by Crippen LogP contribution is -2.09. The first-order valence-electron chi connectivity index (χ1n) is 5.34. The number of rotatable bonds is 5. The highest BCUT2D eigenvalue weighted by Gasteiger charge is 2.06. The average molecular weight is 262 g/mol. The van der Waals surface area contributed by atoms with E-state index < -0.39 is 0 Å². The van der Waals surface area contributed by atoms with Crippen LogP contribution in [0.5, 0.6) is 11.5 Å². The molecule has 4 nitrogen and oxygen atoms in total. The van der Waals surface area contributed by atoms with Gasteiger partial charge in [0.25, 0.3) is 0 Å². The molecule has 2 N–H and O–H groups in total. The van der Waals surface area contributed by atoms with Gasteiger partial charge in [-0.25, -0.2) is 0 Å². The van der Waals surface area contributed by atoms with Gasteiger partial charge in [-0.05, 0) is 25.1 Å². The van der Waals surface area contributed by atoms with Crippen molar-refractivity contribution in [1.82, 2.24) is 0 Å². The highest BCUT2D eigenvalue weighted by molar-refractivity contribution is 7.80. The van der Waals surface area contributed by atoms with Crippen molar-refractivity contribution in [2.24, 2.45) is 5.73 Å². The predicted molar refractivity (Wildman–Crippen MR) is 74.5 cm³/mol. The molecule has 1 rings (SSSR count). The van der Waals surface area contributed by atoms with Gasteiger partial charge in [-0.15, -0.1) is 0 Å². The van der Waals surface area contributed by atoms with Gasteiger partial charge >= 0.3 is 0 Å². The van der Waals surface area contributed by atoms with Crippen LogP contribution in [0.4, 0.5) is 0 Å². The maximum Gasteiger partial charge on any atom is 0.129 e. The number of nitriles is 1. The Labute approximate surface area is 112 Å². The number of methoxy groups -OCH3 is 1. The van der Waals surface area contributed by atoms with Crippen LogP contribution >= 0.6 is 12.2 Å². The largest absolute Gasteiger partial charge is 0.496 e. The summed E-state index contributed by atoms with van der Waals surface area (Å²) in [4.78, 5) is 0.0634. The fraction of sp³-hybridized carbons (Fsp3) is 0.231. The average Bonchev–Trinajstić information content (AvgIpc) is 2.36. The van der Waals surface area contributed by atoms with Crippen molar-refractivity contribution in [1.29, 1.82) is 5.26 Å². The van der Waals surface area contributed by atoms with E-state index in [4.69, 9.17) is 32.7 Å². The second-order valence-corrected chi connectivity index (χ2v) is 3.81. The van der Waals surface area contributed by atoms with Crippen LogP contribution in [0.25, 0.3) is 6.08 Å². The Morgan fingerprint density at radius 2 is 2.28 bits per heavy atom. The molecule has 0 bridgehead atoms. The second-order valence-electron chi connectivity index (χ2n) is 3.37. The molecule has 0 aromatic heterocycles. The van der Waals surface area contributed by atoms with E-state index in [2.05, 4.69) is 0 Å². The topological polar surface area (TPSA) is 68.3 Å². The Morgan fingerprint density at radius 3 is 2.78 bits per heavy atom. The number of nitrogens with two attached hydrogens (primary N) is 1. The predicted octanol–water partition coefficient (Wildman–Crippen LogP) is 2.29. The molecule has 0 aliphatic heterocycles. The second kappa shape index (κ2) is 6.62. The minimum absolute atomic E-state index is 0.0634. The molecule has 0 radical (unpaired) electrons. The van der Waals surface area contributed by atoms with Crippen LogP contribution in [0, 0.1) is 11.3 Å². The van der Waals surface area contributed by atoms with Crippen LogP contribution in [0.2, 0.25) is 0 Å². The molecule has 0 fully saturated rings. The molecule has 0 atom stereocenters. The maximum atomic E-state index is 8.91. The summed E-state index contributed by atoms with van der Waals surface area (Å²) in [5.74, 6) is 1.31. The van der Waals surface area contributed by atoms with E-state index in [1.54, 1.807) is 31.4 Å². The Kier molecular flexibility index (Phi) is 5.15. The van der Waals surface area contributed by atoms with E-state index >= 15 is 0 Å². The van der Waals surface area contributed by atoms with Crippen molar-refractivity contribution < 1.29 is 9.47 Å². The Balaban J connectivity index is 3.18. The summed E-state index contributed by atoms with van der Waals surface area (Å²) < 4.78 is 10.6. The zero-order valence-electron chi connectivity index (χ0n) is 10.3. The monoisotopic (exact) mass is 262 g/mol. The van der Waals surface area contributed by atoms with Gasteiger partial charge in [0.05, 0.1) is 19.3 Å². The minimum atomic E-state index is 0.0634. The Bertz CT molecular complexity index is 518. The molecule has 1 aromatic rings. The molecule has 0 heterocycles. The minimum Gasteiger partial charge on any atom is -0.496 e. The van der Waals surface area contributed by atoms with E-state index in [0.717, 1.165) is 5.56 Å². The van der Waals surface area contributed by atoms with E-state index in [1.807, 2.05) is 13.0 Å². The Hall–Kier alpha value is -2.06. The van der Waals surface area contributed by atoms with Crippen molar-refractivity contribution in [3.8, 4) is 17.6 Å². The third kappa shape index (κ3) is 3.47. The lowest BCUT2D eigenvalue weighted by Gasteiger charge is -2.09. The van der Waals surface area contributed by atoms with Gasteiger partial charge < -0.3 is 15.2 Å². The molecular weight excluding hydrogens is 248 g/mol. The van der Waals surface area contributed by atoms with Crippen LogP contribution < -0.4 is 15.2 Å². The highest BCUT2D eigenvalue weighted by atomic mass is 32.1. The summed E-state index contributed by atoms with van der Waals surface area (Å²) in [6.45, 7) is 2.48. The first-order valence-corrected chi connectivity index (χ1v) is 5.75. The van der Waals surface area contributed by atoms with Gasteiger partial charge in [-0.1, -0.05) is 12.2 Å². The molecule has 0 aliphatic rings. The van der Waals surface area contributed by atoms with Gasteiger partial charge in [0, 0.05) is 11.6 Å². The molecule has 1 aromatic carbocycles. The molecule has 18 heavy (non-hydrogen) atoms. The number of benzene rings is 1. The summed E-state index contributed by atoms with van der Waals surface area (Å²) in [5.41, 5.74) is 6.41. The number of ether oxygens (including phenoxy) is 2. The standard InChI is InChI=1S/C13H14N2O2S/c1-3-17-11-5-4-9(12(7-11)16-2)6-10(8-14)13(15)18/h4-7H,3H2,1-2H3,(H2,15,18)/b10-6-. The molecule has 0 unspecified atom stereocenters. The fourth-order valence-corrected chi connectivity index (χ4v) is 1.49. The van der Waals surface area contributed by atoms with Gasteiger partial charge in [0.1, 0.15) is 22.6 Å². The summed E-state index contributed by atoms with van der Waals surface area (Å²) >= 11 is 4.78. The van der Waals surface area contributed by atoms with Crippen LogP contribution in [0.1, 0.15) is 12.5 Å². The number of thiocarbonyl (C=S) groups is 1. The van der Waals surface area contributed by atoms with Gasteiger partial charge in [-0.2, -0.15) is 5.26 Å². The van der Waals surface area contributed by atoms with E-state index in [1.165, 1.54) is 0 Å². The number of hydrogen-bond donors (Lipinski definition) is 1. The molecule has 94 valence electrons. The third-order valence-corrected chi connectivity index (χ3v) is 2.42. The first kappa shape index (κ1) is 14.0. The van der Waals surface area contributed by atoms with Crippen LogP contribution in [0.15, 0.2) is 23.8 Å². The van der Waals surface area contributed by atoms with Crippen LogP contribution in [-0.2, 0) is 0 Å². The van der Waals surface area contributed by atoms with Crippen molar-refractivity contribution in [3.63, 3.8) is 0 Å². The smallest absolute Gasteiger partial charge is 0.129 e. The summed E-state index contributed by atoms with van der Waals surface area (Å²) in [7, 11) is 1.55. The van der Waals surface area contributed by atoms with Gasteiger partial charge in [0.15, 0.2) is 0 Å². The third-order valence-electron chi connectivity index (χ3n) is 2.20. The SMILES string of the molecule is CCOc1ccc(/C=C(/C#N)C(N)=S)c(OC)c1. The van der Waals surface area contributed by atoms with E-state index in [9.17, 15) is 0 Å². The van der Waals surface area contributed by atoms with Crippen molar-refractivity contribution >= 4 is 23.3 Å². The zero-order valence-corrected chi connectivity index (χ0v) is 11.1. The first-order chi connectivity index (χ1) is 8.62. The van der Waals surface area contributed by atoms with Crippen LogP contribution in [-0.4, -0.2) is 18.7 Å². The molecular formula is C13H14N2O2S. The normalized spacial score (nSPS) is 10.6. The summed E-state index contributed by atoms with van der Waals surface area (Å²) in [5, 5.41) is 8.91. The van der Waals surface area contributed by atoms with Gasteiger partial charge in [-0.3, -0.25) is 0 Å². The molecule has 0 saturated heterocycles. The summed E-state index contributed by atoms with van der Waals surface area (Å²) in [6, 6.07) is 7.29. The molecule has 0 amide bonds. The van der Waals surface area contributed by atoms with E-state index in [0.29, 0.717) is 18.1 Å². The van der Waals surface area contributed by atoms with Crippen molar-refractivity contribution in [2.45, 2.75) is 6.92 Å². The molecule has 0 aliphatic carbocycles. The Morgan fingerprint density at radius 1 is 1.56 bits per heavy atom. The molecule has 0 saturated carbocycles. The van der Waals surface area contributed by atoms with Crippen LogP contribution in [0.3, 0.4) is 0 Å². The number of hydrogen-bond acceptors (Lipinski definition) is 4. The van der Waals surface area contributed by atoms with Gasteiger partial charge in [0.2, 0.25) is 0 Å². The lowest BCUT2D eigenvalue weighted by atomic mass is 10.1. The highest BCUT2D eigenvalue weighted by Crippen LogP contribution is 2.26. The van der Waals surface area contributed by atoms with E-state index in [-0.39, 0.29) is 10.6 Å². The quantitative estimate of drug-likeness (QED) is 0.501. The number of nitrogens with zero attached hydrogens (tertiary/aromatic N) is 1. The molecule has 0 spiro atoms. The molecule has 5 heteroatoms. The fourth-order valence-electron chi connectivity index (χ4n) is 1.38. The zero-order chi connectivity index (χ0) is 13.5.